The molecule has 12 heteroatoms. The highest BCUT2D eigenvalue weighted by molar-refractivity contribution is 5.98. The van der Waals surface area contributed by atoms with Crippen molar-refractivity contribution >= 4 is 29.7 Å². The summed E-state index contributed by atoms with van der Waals surface area (Å²) in [7, 11) is 0. The Bertz CT molecular complexity index is 1670. The van der Waals surface area contributed by atoms with E-state index in [4.69, 9.17) is 18.9 Å². The van der Waals surface area contributed by atoms with E-state index in [0.717, 1.165) is 20.8 Å². The molecule has 5 rings (SSSR count). The predicted octanol–water partition coefficient (Wildman–Crippen LogP) is 3.21. The maximum absolute atomic E-state index is 14.6. The second-order valence-corrected chi connectivity index (χ2v) is 14.6. The zero-order chi connectivity index (χ0) is 37.0. The second-order valence-electron chi connectivity index (χ2n) is 14.6. The summed E-state index contributed by atoms with van der Waals surface area (Å²) in [6.07, 6.45) is -6.83. The van der Waals surface area contributed by atoms with Crippen molar-refractivity contribution in [2.24, 2.45) is 28.6 Å². The van der Waals surface area contributed by atoms with Gasteiger partial charge in [-0.2, -0.15) is 0 Å². The van der Waals surface area contributed by atoms with Crippen LogP contribution in [0.1, 0.15) is 68.7 Å². The molecule has 11 unspecified atom stereocenters. The van der Waals surface area contributed by atoms with Crippen LogP contribution >= 0.6 is 0 Å². The molecule has 12 nitrogen and oxygen atoms in total. The van der Waals surface area contributed by atoms with Gasteiger partial charge in [0.05, 0.1) is 17.0 Å². The number of hydrogen-bond acceptors (Lipinski definition) is 12. The molecule has 0 heterocycles. The Labute approximate surface area is 290 Å². The van der Waals surface area contributed by atoms with Crippen molar-refractivity contribution in [1.29, 1.82) is 0 Å². The largest absolute Gasteiger partial charge is 0.459 e. The van der Waals surface area contributed by atoms with Crippen molar-refractivity contribution in [1.82, 2.24) is 0 Å². The Balaban J connectivity index is 1.82. The highest BCUT2D eigenvalue weighted by Crippen LogP contribution is 2.67. The lowest BCUT2D eigenvalue weighted by atomic mass is 9.38. The zero-order valence-corrected chi connectivity index (χ0v) is 28.9. The van der Waals surface area contributed by atoms with Crippen LogP contribution in [0.3, 0.4) is 0 Å². The molecule has 268 valence electrons. The average Bonchev–Trinajstić information content (AvgIpc) is 3.06. The third-order valence-corrected chi connectivity index (χ3v) is 11.2. The van der Waals surface area contributed by atoms with Gasteiger partial charge in [-0.25, -0.2) is 9.59 Å². The third-order valence-electron chi connectivity index (χ3n) is 11.2. The third kappa shape index (κ3) is 5.72. The first-order valence-electron chi connectivity index (χ1n) is 16.5. The van der Waals surface area contributed by atoms with E-state index in [1.807, 2.05) is 0 Å². The minimum Gasteiger partial charge on any atom is -0.459 e. The summed E-state index contributed by atoms with van der Waals surface area (Å²) in [5.41, 5.74) is -7.88. The van der Waals surface area contributed by atoms with Crippen LogP contribution in [0.5, 0.6) is 0 Å². The normalized spacial score (nSPS) is 37.3. The molecule has 2 aromatic carbocycles. The SMILES string of the molecule is C=CC1C(OC(=O)c2ccccc2)C2C(O)(C(=O)C1(C)O)C(OC(C)=O)CC1C(C)(C)C(O)C(OC(C)=O)C(OC(=O)c3ccccc3)C12C. The molecule has 0 bridgehead atoms. The summed E-state index contributed by atoms with van der Waals surface area (Å²) < 4.78 is 23.8. The number of carbonyl (C=O) groups is 5. The lowest BCUT2D eigenvalue weighted by Crippen LogP contribution is -2.83. The predicted molar refractivity (Wildman–Crippen MR) is 176 cm³/mol. The Morgan fingerprint density at radius 1 is 0.780 bits per heavy atom. The summed E-state index contributed by atoms with van der Waals surface area (Å²) in [6, 6.07) is 15.8. The Hall–Kier alpha value is -4.39. The summed E-state index contributed by atoms with van der Waals surface area (Å²) >= 11 is 0. The second kappa shape index (κ2) is 13.1. The quantitative estimate of drug-likeness (QED) is 0.219. The van der Waals surface area contributed by atoms with Crippen LogP contribution in [0.25, 0.3) is 0 Å². The fourth-order valence-corrected chi connectivity index (χ4v) is 9.02. The summed E-state index contributed by atoms with van der Waals surface area (Å²) in [4.78, 5) is 67.4. The van der Waals surface area contributed by atoms with Crippen molar-refractivity contribution in [2.45, 2.75) is 89.7 Å². The molecule has 2 aromatic rings. The van der Waals surface area contributed by atoms with Gasteiger partial charge in [-0.15, -0.1) is 6.58 Å². The summed E-state index contributed by atoms with van der Waals surface area (Å²) in [5, 5.41) is 36.7. The molecule has 3 saturated carbocycles. The first-order chi connectivity index (χ1) is 23.3. The molecule has 0 aromatic heterocycles. The Kier molecular flexibility index (Phi) is 9.63. The number of benzene rings is 2. The highest BCUT2D eigenvalue weighted by Gasteiger charge is 2.80. The molecule has 50 heavy (non-hydrogen) atoms. The van der Waals surface area contributed by atoms with E-state index in [1.54, 1.807) is 57.2 Å². The number of aliphatic hydroxyl groups is 3. The van der Waals surface area contributed by atoms with Crippen LogP contribution < -0.4 is 0 Å². The molecular weight excluding hydrogens is 648 g/mol. The van der Waals surface area contributed by atoms with Gasteiger partial charge in [0, 0.05) is 25.2 Å². The smallest absolute Gasteiger partial charge is 0.338 e. The molecule has 3 aliphatic carbocycles. The Morgan fingerprint density at radius 2 is 1.28 bits per heavy atom. The molecule has 0 saturated heterocycles. The van der Waals surface area contributed by atoms with Crippen LogP contribution in [0, 0.1) is 28.6 Å². The molecule has 0 spiro atoms. The van der Waals surface area contributed by atoms with Gasteiger partial charge in [0.1, 0.15) is 30.0 Å². The summed E-state index contributed by atoms with van der Waals surface area (Å²) in [6.45, 7) is 12.2. The monoisotopic (exact) mass is 692 g/mol. The van der Waals surface area contributed by atoms with Crippen LogP contribution in [0.2, 0.25) is 0 Å². The molecule has 0 radical (unpaired) electrons. The summed E-state index contributed by atoms with van der Waals surface area (Å²) in [5.74, 6) is -8.37. The van der Waals surface area contributed by atoms with Crippen molar-refractivity contribution in [3.8, 4) is 0 Å². The van der Waals surface area contributed by atoms with Gasteiger partial charge in [0.25, 0.3) is 0 Å². The topological polar surface area (TPSA) is 183 Å². The van der Waals surface area contributed by atoms with Gasteiger partial charge in [-0.05, 0) is 48.9 Å². The zero-order valence-electron chi connectivity index (χ0n) is 28.9. The van der Waals surface area contributed by atoms with E-state index >= 15 is 0 Å². The van der Waals surface area contributed by atoms with Gasteiger partial charge >= 0.3 is 23.9 Å². The number of Topliss-reactive ketones (excluding diaryl/α,β-unsaturated/α-hetero) is 1. The van der Waals surface area contributed by atoms with E-state index in [9.17, 15) is 39.3 Å². The molecule has 11 atom stereocenters. The number of rotatable bonds is 7. The van der Waals surface area contributed by atoms with Crippen molar-refractivity contribution in [2.75, 3.05) is 0 Å². The number of fused-ring (bicyclic) bond motifs is 3. The van der Waals surface area contributed by atoms with Gasteiger partial charge in [-0.3, -0.25) is 14.4 Å². The number of aliphatic hydroxyl groups excluding tert-OH is 1. The number of ketones is 1. The molecule has 3 fully saturated rings. The molecule has 3 aliphatic rings. The lowest BCUT2D eigenvalue weighted by molar-refractivity contribution is -0.320. The van der Waals surface area contributed by atoms with E-state index < -0.39 is 100.0 Å². The average molecular weight is 693 g/mol. The van der Waals surface area contributed by atoms with Crippen molar-refractivity contribution in [3.05, 3.63) is 84.4 Å². The van der Waals surface area contributed by atoms with Crippen LogP contribution in [0.15, 0.2) is 73.3 Å². The molecule has 3 N–H and O–H groups in total. The minimum atomic E-state index is -2.77. The van der Waals surface area contributed by atoms with E-state index in [2.05, 4.69) is 6.58 Å². The fraction of sp³-hybridized carbons (Fsp3) is 0.500. The number of carbonyl (C=O) groups excluding carboxylic acids is 5. The maximum atomic E-state index is 14.6. The molecular formula is C38H44O12. The highest BCUT2D eigenvalue weighted by atomic mass is 16.6. The minimum absolute atomic E-state index is 0.119. The van der Waals surface area contributed by atoms with Crippen molar-refractivity contribution in [3.63, 3.8) is 0 Å². The molecule has 0 aliphatic heterocycles. The van der Waals surface area contributed by atoms with Gasteiger partial charge in [0.2, 0.25) is 0 Å². The first kappa shape index (κ1) is 36.9. The van der Waals surface area contributed by atoms with Gasteiger partial charge < -0.3 is 34.3 Å². The fourth-order valence-electron chi connectivity index (χ4n) is 9.02. The lowest BCUT2D eigenvalue weighted by Gasteiger charge is -2.69. The Morgan fingerprint density at radius 3 is 1.76 bits per heavy atom. The molecule has 0 amide bonds. The first-order valence-corrected chi connectivity index (χ1v) is 16.5. The standard InChI is InChI=1S/C38H44O12/c1-8-24-27(49-32(42)22-15-11-9-12-16-22)29-36(6)25(19-26(47-20(2)39)38(29,46)34(44)37(24,7)45)35(4,5)30(41)28(48-21(3)40)31(36)50-33(43)23-17-13-10-14-18-23/h8-18,24-31,41,45-46H,1,19H2,2-7H3. The van der Waals surface area contributed by atoms with Crippen LogP contribution in [0.4, 0.5) is 0 Å². The van der Waals surface area contributed by atoms with Crippen LogP contribution in [-0.4, -0.2) is 86.7 Å². The van der Waals surface area contributed by atoms with Gasteiger partial charge in [-0.1, -0.05) is 63.2 Å². The van der Waals surface area contributed by atoms with E-state index in [-0.39, 0.29) is 17.5 Å². The van der Waals surface area contributed by atoms with Crippen molar-refractivity contribution < 1.29 is 58.2 Å². The number of esters is 4. The van der Waals surface area contributed by atoms with Gasteiger partial charge in [0.15, 0.2) is 17.5 Å². The number of hydrogen-bond donors (Lipinski definition) is 3. The van der Waals surface area contributed by atoms with Crippen LogP contribution in [-0.2, 0) is 33.3 Å². The van der Waals surface area contributed by atoms with E-state index in [1.165, 1.54) is 30.3 Å². The van der Waals surface area contributed by atoms with E-state index in [0.29, 0.717) is 0 Å². The maximum Gasteiger partial charge on any atom is 0.338 e. The number of ether oxygens (including phenoxy) is 4.